The number of aryl methyl sites for hydroxylation is 1. The highest BCUT2D eigenvalue weighted by Crippen LogP contribution is 2.47. The Morgan fingerprint density at radius 1 is 1.38 bits per heavy atom. The van der Waals surface area contributed by atoms with Crippen LogP contribution in [0.5, 0.6) is 0 Å². The van der Waals surface area contributed by atoms with Gasteiger partial charge in [-0.25, -0.2) is 8.42 Å². The number of carbonyl (C=O) groups excluding carboxylic acids is 1. The van der Waals surface area contributed by atoms with Gasteiger partial charge in [0.1, 0.15) is 9.84 Å². The van der Waals surface area contributed by atoms with Crippen molar-refractivity contribution in [1.29, 1.82) is 0 Å². The van der Waals surface area contributed by atoms with E-state index in [1.807, 2.05) is 18.3 Å². The van der Waals surface area contributed by atoms with Crippen molar-refractivity contribution in [1.82, 2.24) is 14.7 Å². The van der Waals surface area contributed by atoms with Crippen molar-refractivity contribution in [3.8, 4) is 0 Å². The molecule has 0 aliphatic carbocycles. The van der Waals surface area contributed by atoms with Gasteiger partial charge in [-0.1, -0.05) is 11.6 Å². The Labute approximate surface area is 175 Å². The molecule has 2 aliphatic rings. The number of halogens is 1. The van der Waals surface area contributed by atoms with Crippen LogP contribution in [0.3, 0.4) is 0 Å². The minimum atomic E-state index is -3.01. The summed E-state index contributed by atoms with van der Waals surface area (Å²) >= 11 is 6.21. The molecular weight excluding hydrogens is 412 g/mol. The number of aromatic nitrogens is 2. The number of piperidine rings is 1. The Hall–Kier alpha value is -1.90. The first-order chi connectivity index (χ1) is 13.7. The molecule has 1 aromatic heterocycles. The Kier molecular flexibility index (Phi) is 5.21. The first kappa shape index (κ1) is 20.4. The second kappa shape index (κ2) is 7.41. The number of sulfone groups is 1. The molecule has 0 saturated carbocycles. The number of hydrogen-bond donors (Lipinski definition) is 1. The molecule has 7 nitrogen and oxygen atoms in total. The summed E-state index contributed by atoms with van der Waals surface area (Å²) in [6.07, 6.45) is 6.39. The minimum absolute atomic E-state index is 0.0647. The quantitative estimate of drug-likeness (QED) is 0.778. The summed E-state index contributed by atoms with van der Waals surface area (Å²) in [7, 11) is -3.01. The fourth-order valence-corrected chi connectivity index (χ4v) is 5.16. The van der Waals surface area contributed by atoms with Crippen LogP contribution < -0.4 is 5.32 Å². The van der Waals surface area contributed by atoms with Crippen LogP contribution in [-0.2, 0) is 33.1 Å². The molecule has 1 fully saturated rings. The summed E-state index contributed by atoms with van der Waals surface area (Å²) in [6, 6.07) is 5.81. The lowest BCUT2D eigenvalue weighted by Crippen LogP contribution is -2.50. The van der Waals surface area contributed by atoms with Crippen molar-refractivity contribution < 1.29 is 13.2 Å². The summed E-state index contributed by atoms with van der Waals surface area (Å²) in [5, 5.41) is 7.95. The lowest BCUT2D eigenvalue weighted by molar-refractivity contribution is -0.123. The smallest absolute Gasteiger partial charge is 0.235 e. The molecule has 1 amide bonds. The normalized spacial score (nSPS) is 24.7. The Morgan fingerprint density at radius 2 is 2.17 bits per heavy atom. The molecule has 1 N–H and O–H groups in total. The van der Waals surface area contributed by atoms with Gasteiger partial charge in [-0.3, -0.25) is 14.4 Å². The predicted octanol–water partition coefficient (Wildman–Crippen LogP) is 2.46. The Morgan fingerprint density at radius 3 is 2.90 bits per heavy atom. The third-order valence-electron chi connectivity index (χ3n) is 6.04. The maximum Gasteiger partial charge on any atom is 0.235 e. The lowest BCUT2D eigenvalue weighted by atomic mass is 9.71. The van der Waals surface area contributed by atoms with E-state index in [0.29, 0.717) is 11.6 Å². The van der Waals surface area contributed by atoms with E-state index in [9.17, 15) is 13.2 Å². The zero-order chi connectivity index (χ0) is 20.8. The van der Waals surface area contributed by atoms with Crippen molar-refractivity contribution in [2.75, 3.05) is 23.9 Å². The topological polar surface area (TPSA) is 84.3 Å². The van der Waals surface area contributed by atoms with Gasteiger partial charge < -0.3 is 5.32 Å². The molecule has 1 aromatic carbocycles. The Bertz CT molecular complexity index is 1050. The molecular formula is C20H25ClN4O3S. The van der Waals surface area contributed by atoms with Gasteiger partial charge in [0.2, 0.25) is 5.91 Å². The highest BCUT2D eigenvalue weighted by Gasteiger charge is 2.50. The summed E-state index contributed by atoms with van der Waals surface area (Å²) in [6.45, 7) is 4.01. The average molecular weight is 437 g/mol. The molecule has 9 heteroatoms. The van der Waals surface area contributed by atoms with Gasteiger partial charge >= 0.3 is 0 Å². The van der Waals surface area contributed by atoms with Crippen LogP contribution >= 0.6 is 11.6 Å². The first-order valence-corrected chi connectivity index (χ1v) is 12.1. The van der Waals surface area contributed by atoms with Crippen molar-refractivity contribution in [3.05, 3.63) is 46.7 Å². The number of benzene rings is 1. The van der Waals surface area contributed by atoms with Crippen LogP contribution in [0.15, 0.2) is 30.6 Å². The van der Waals surface area contributed by atoms with Gasteiger partial charge in [-0.05, 0) is 43.5 Å². The minimum Gasteiger partial charge on any atom is -0.325 e. The maximum absolute atomic E-state index is 12.9. The predicted molar refractivity (Wildman–Crippen MR) is 113 cm³/mol. The second-order valence-electron chi connectivity index (χ2n) is 8.24. The van der Waals surface area contributed by atoms with Crippen molar-refractivity contribution in [3.63, 3.8) is 0 Å². The van der Waals surface area contributed by atoms with Crippen LogP contribution in [0.1, 0.15) is 30.9 Å². The number of nitrogens with one attached hydrogen (secondary N) is 1. The van der Waals surface area contributed by atoms with Gasteiger partial charge in [-0.2, -0.15) is 5.10 Å². The van der Waals surface area contributed by atoms with Gasteiger partial charge in [0.15, 0.2) is 0 Å². The van der Waals surface area contributed by atoms with Gasteiger partial charge in [0.05, 0.1) is 23.9 Å². The zero-order valence-electron chi connectivity index (χ0n) is 16.6. The van der Waals surface area contributed by atoms with Gasteiger partial charge in [0.25, 0.3) is 0 Å². The number of anilines is 1. The number of carbonyl (C=O) groups is 1. The number of rotatable bonds is 5. The molecule has 4 rings (SSSR count). The van der Waals surface area contributed by atoms with Crippen molar-refractivity contribution in [2.24, 2.45) is 0 Å². The summed E-state index contributed by atoms with van der Waals surface area (Å²) in [4.78, 5) is 15.2. The molecule has 2 aliphatic heterocycles. The van der Waals surface area contributed by atoms with Crippen LogP contribution in [0.25, 0.3) is 0 Å². The second-order valence-corrected chi connectivity index (χ2v) is 10.9. The van der Waals surface area contributed by atoms with Gasteiger partial charge in [0, 0.05) is 47.9 Å². The third kappa shape index (κ3) is 4.06. The number of fused-ring (bicyclic) bond motifs is 2. The monoisotopic (exact) mass is 436 g/mol. The molecule has 1 saturated heterocycles. The molecule has 0 radical (unpaired) electrons. The highest BCUT2D eigenvalue weighted by atomic mass is 35.5. The number of nitrogens with zero attached hydrogens (tertiary/aromatic N) is 3. The first-order valence-electron chi connectivity index (χ1n) is 9.71. The van der Waals surface area contributed by atoms with E-state index in [-0.39, 0.29) is 17.7 Å². The zero-order valence-corrected chi connectivity index (χ0v) is 18.1. The van der Waals surface area contributed by atoms with E-state index in [2.05, 4.69) is 22.2 Å². The molecule has 0 bridgehead atoms. The standard InChI is InChI=1S/C20H25ClN4O3S/c1-14-10-20(17-9-16(21)3-4-18(17)23-19(20)26)5-6-24(14)12-15-11-22-25(13-15)7-8-29(2,27)28/h3-4,9,11,13-14H,5-8,10,12H2,1-2H3,(H,23,26)/t14-,20-/m0/s1. The van der Waals surface area contributed by atoms with E-state index in [4.69, 9.17) is 11.6 Å². The number of likely N-dealkylation sites (tertiary alicyclic amines) is 1. The summed E-state index contributed by atoms with van der Waals surface area (Å²) < 4.78 is 24.4. The molecule has 3 heterocycles. The lowest BCUT2D eigenvalue weighted by Gasteiger charge is -2.42. The van der Waals surface area contributed by atoms with Crippen molar-refractivity contribution >= 4 is 33.0 Å². The van der Waals surface area contributed by atoms with E-state index in [0.717, 1.165) is 42.7 Å². The van der Waals surface area contributed by atoms with Crippen LogP contribution in [0.4, 0.5) is 5.69 Å². The van der Waals surface area contributed by atoms with E-state index < -0.39 is 15.3 Å². The van der Waals surface area contributed by atoms with E-state index in [1.54, 1.807) is 16.9 Å². The fraction of sp³-hybridized carbons (Fsp3) is 0.500. The number of amides is 1. The van der Waals surface area contributed by atoms with Crippen LogP contribution in [0, 0.1) is 0 Å². The molecule has 2 atom stereocenters. The summed E-state index contributed by atoms with van der Waals surface area (Å²) in [5.74, 6) is 0.142. The summed E-state index contributed by atoms with van der Waals surface area (Å²) in [5.41, 5.74) is 2.40. The molecule has 156 valence electrons. The third-order valence-corrected chi connectivity index (χ3v) is 7.20. The van der Waals surface area contributed by atoms with Crippen LogP contribution in [-0.4, -0.2) is 53.6 Å². The average Bonchev–Trinajstić information content (AvgIpc) is 3.19. The molecule has 0 unspecified atom stereocenters. The maximum atomic E-state index is 12.9. The van der Waals surface area contributed by atoms with Crippen molar-refractivity contribution in [2.45, 2.75) is 44.3 Å². The van der Waals surface area contributed by atoms with E-state index in [1.165, 1.54) is 6.26 Å². The van der Waals surface area contributed by atoms with Crippen LogP contribution in [0.2, 0.25) is 5.02 Å². The highest BCUT2D eigenvalue weighted by molar-refractivity contribution is 7.90. The SMILES string of the molecule is C[C@H]1C[C@]2(CCN1Cc1cnn(CCS(C)(=O)=O)c1)C(=O)Nc1ccc(Cl)cc12. The molecule has 2 aromatic rings. The molecule has 1 spiro atoms. The Balaban J connectivity index is 1.45. The number of hydrogen-bond acceptors (Lipinski definition) is 5. The van der Waals surface area contributed by atoms with Gasteiger partial charge in [-0.15, -0.1) is 0 Å². The largest absolute Gasteiger partial charge is 0.325 e. The van der Waals surface area contributed by atoms with E-state index >= 15 is 0 Å². The fourth-order valence-electron chi connectivity index (χ4n) is 4.47. The molecule has 29 heavy (non-hydrogen) atoms.